The van der Waals surface area contributed by atoms with Gasteiger partial charge in [-0.05, 0) is 35.0 Å². The number of hydrogen-bond acceptors (Lipinski definition) is 2. The van der Waals surface area contributed by atoms with Crippen molar-refractivity contribution >= 4 is 29.8 Å². The quantitative estimate of drug-likeness (QED) is 0.358. The van der Waals surface area contributed by atoms with Gasteiger partial charge in [-0.1, -0.05) is 97.5 Å². The van der Waals surface area contributed by atoms with E-state index in [4.69, 9.17) is 8.77 Å². The molecule has 0 radical (unpaired) electrons. The Morgan fingerprint density at radius 3 is 2.28 bits per heavy atom. The highest BCUT2D eigenvalue weighted by Gasteiger charge is 2.33. The Kier molecular flexibility index (Phi) is 6.00. The molecule has 0 fully saturated rings. The molecule has 1 aromatic heterocycles. The van der Waals surface area contributed by atoms with Crippen LogP contribution in [-0.4, -0.2) is 19.5 Å². The number of aromatic nitrogens is 1. The van der Waals surface area contributed by atoms with Crippen LogP contribution >= 0.6 is 0 Å². The number of fused-ring (bicyclic) bond motifs is 1. The molecular weight excluding hydrogens is 369 g/mol. The second-order valence-corrected chi connectivity index (χ2v) is 10.6. The summed E-state index contributed by atoms with van der Waals surface area (Å²) in [4.78, 5) is 4.76. The van der Waals surface area contributed by atoms with Crippen molar-refractivity contribution in [1.82, 2.24) is 4.98 Å². The van der Waals surface area contributed by atoms with Gasteiger partial charge in [0.1, 0.15) is 11.3 Å². The van der Waals surface area contributed by atoms with Crippen LogP contribution in [-0.2, 0) is 0 Å². The molecular formula is C26H26AlNO. The molecule has 1 heterocycles. The lowest BCUT2D eigenvalue weighted by molar-refractivity contribution is 0.561. The SMILES string of the molecule is CC[CH](C)[Al]([O]c1cccc2ccc(C)nc12)[c]1ccc(-c2ccccc2)cc1. The van der Waals surface area contributed by atoms with E-state index in [0.717, 1.165) is 28.8 Å². The number of benzene rings is 3. The molecule has 4 aromatic rings. The molecule has 0 aliphatic heterocycles. The Morgan fingerprint density at radius 1 is 0.828 bits per heavy atom. The molecule has 0 saturated heterocycles. The number of para-hydroxylation sites is 1. The largest absolute Gasteiger partial charge is 0.638 e. The zero-order valence-electron chi connectivity index (χ0n) is 17.3. The zero-order valence-corrected chi connectivity index (χ0v) is 18.5. The van der Waals surface area contributed by atoms with Gasteiger partial charge in [-0.25, -0.2) is 4.98 Å². The maximum absolute atomic E-state index is 6.74. The Hall–Kier alpha value is -2.60. The fourth-order valence-electron chi connectivity index (χ4n) is 3.67. The van der Waals surface area contributed by atoms with Crippen molar-refractivity contribution < 1.29 is 3.79 Å². The first-order valence-electron chi connectivity index (χ1n) is 10.3. The molecule has 4 rings (SSSR count). The van der Waals surface area contributed by atoms with Gasteiger partial charge in [0.25, 0.3) is 0 Å². The maximum atomic E-state index is 6.74. The molecule has 0 bridgehead atoms. The third kappa shape index (κ3) is 4.37. The molecule has 0 amide bonds. The van der Waals surface area contributed by atoms with E-state index < -0.39 is 14.5 Å². The van der Waals surface area contributed by atoms with Gasteiger partial charge < -0.3 is 3.79 Å². The lowest BCUT2D eigenvalue weighted by Gasteiger charge is -2.21. The first-order chi connectivity index (χ1) is 14.2. The highest BCUT2D eigenvalue weighted by molar-refractivity contribution is 6.69. The highest BCUT2D eigenvalue weighted by atomic mass is 27.2. The van der Waals surface area contributed by atoms with Crippen molar-refractivity contribution in [3.05, 3.63) is 90.6 Å². The molecule has 0 saturated carbocycles. The minimum Gasteiger partial charge on any atom is -0.638 e. The molecule has 0 aliphatic carbocycles. The van der Waals surface area contributed by atoms with Crippen LogP contribution in [0.5, 0.6) is 5.75 Å². The first-order valence-corrected chi connectivity index (χ1v) is 12.1. The molecule has 2 nitrogen and oxygen atoms in total. The first kappa shape index (κ1) is 19.7. The minimum atomic E-state index is -1.69. The molecule has 29 heavy (non-hydrogen) atoms. The second kappa shape index (κ2) is 8.82. The van der Waals surface area contributed by atoms with Crippen LogP contribution < -0.4 is 8.21 Å². The van der Waals surface area contributed by atoms with Gasteiger partial charge in [-0.2, -0.15) is 0 Å². The molecule has 3 heteroatoms. The maximum Gasteiger partial charge on any atom is 0.592 e. The van der Waals surface area contributed by atoms with Crippen LogP contribution in [0, 0.1) is 6.92 Å². The van der Waals surface area contributed by atoms with Crippen LogP contribution in [0.3, 0.4) is 0 Å². The fourth-order valence-corrected chi connectivity index (χ4v) is 6.16. The van der Waals surface area contributed by atoms with Crippen molar-refractivity contribution in [3.8, 4) is 16.9 Å². The van der Waals surface area contributed by atoms with Crippen LogP contribution in [0.25, 0.3) is 22.0 Å². The number of pyridine rings is 1. The lowest BCUT2D eigenvalue weighted by atomic mass is 10.1. The summed E-state index contributed by atoms with van der Waals surface area (Å²) in [5.74, 6) is 0.912. The van der Waals surface area contributed by atoms with Crippen LogP contribution in [0.1, 0.15) is 26.0 Å². The third-order valence-electron chi connectivity index (χ3n) is 5.58. The molecule has 1 unspecified atom stereocenters. The number of aryl methyl sites for hydroxylation is 1. The summed E-state index contributed by atoms with van der Waals surface area (Å²) < 4.78 is 8.61. The van der Waals surface area contributed by atoms with Crippen LogP contribution in [0.2, 0.25) is 4.78 Å². The van der Waals surface area contributed by atoms with E-state index in [9.17, 15) is 0 Å². The summed E-state index contributed by atoms with van der Waals surface area (Å²) in [6.07, 6.45) is 1.11. The normalized spacial score (nSPS) is 12.0. The summed E-state index contributed by atoms with van der Waals surface area (Å²) in [5.41, 5.74) is 4.47. The van der Waals surface area contributed by atoms with Crippen LogP contribution in [0.4, 0.5) is 0 Å². The number of hydrogen-bond donors (Lipinski definition) is 0. The second-order valence-electron chi connectivity index (χ2n) is 7.69. The molecule has 0 N–H and O–H groups in total. The van der Waals surface area contributed by atoms with Crippen molar-refractivity contribution in [2.45, 2.75) is 32.0 Å². The predicted molar refractivity (Wildman–Crippen MR) is 124 cm³/mol. The minimum absolute atomic E-state index is 0.526. The van der Waals surface area contributed by atoms with Gasteiger partial charge in [0, 0.05) is 11.1 Å². The molecule has 144 valence electrons. The van der Waals surface area contributed by atoms with Gasteiger partial charge in [-0.3, -0.25) is 0 Å². The summed E-state index contributed by atoms with van der Waals surface area (Å²) >= 11 is -1.69. The van der Waals surface area contributed by atoms with Crippen LogP contribution in [0.15, 0.2) is 84.9 Å². The number of rotatable bonds is 6. The average molecular weight is 395 g/mol. The highest BCUT2D eigenvalue weighted by Crippen LogP contribution is 2.27. The van der Waals surface area contributed by atoms with E-state index in [2.05, 4.69) is 98.8 Å². The Balaban J connectivity index is 1.68. The summed E-state index contributed by atoms with van der Waals surface area (Å²) in [6.45, 7) is 6.59. The van der Waals surface area contributed by atoms with Crippen molar-refractivity contribution in [2.24, 2.45) is 0 Å². The predicted octanol–water partition coefficient (Wildman–Crippen LogP) is 6.29. The lowest BCUT2D eigenvalue weighted by Crippen LogP contribution is -2.40. The Bertz CT molecular complexity index is 1090. The van der Waals surface area contributed by atoms with Crippen molar-refractivity contribution in [3.63, 3.8) is 0 Å². The van der Waals surface area contributed by atoms with E-state index in [1.54, 1.807) is 0 Å². The summed E-state index contributed by atoms with van der Waals surface area (Å²) in [6, 6.07) is 29.9. The van der Waals surface area contributed by atoms with E-state index >= 15 is 0 Å². The Labute approximate surface area is 177 Å². The molecule has 1 atom stereocenters. The Morgan fingerprint density at radius 2 is 1.55 bits per heavy atom. The van der Waals surface area contributed by atoms with E-state index in [-0.39, 0.29) is 0 Å². The van der Waals surface area contributed by atoms with Gasteiger partial charge in [0.2, 0.25) is 0 Å². The topological polar surface area (TPSA) is 22.1 Å². The number of nitrogens with zero attached hydrogens (tertiary/aromatic N) is 1. The van der Waals surface area contributed by atoms with Crippen molar-refractivity contribution in [2.75, 3.05) is 0 Å². The van der Waals surface area contributed by atoms with E-state index in [0.29, 0.717) is 4.78 Å². The smallest absolute Gasteiger partial charge is 0.592 e. The molecule has 3 aromatic carbocycles. The monoisotopic (exact) mass is 395 g/mol. The molecule has 0 spiro atoms. The van der Waals surface area contributed by atoms with Gasteiger partial charge in [-0.15, -0.1) is 0 Å². The van der Waals surface area contributed by atoms with Crippen molar-refractivity contribution in [1.29, 1.82) is 0 Å². The third-order valence-corrected chi connectivity index (χ3v) is 8.64. The van der Waals surface area contributed by atoms with Gasteiger partial charge >= 0.3 is 14.5 Å². The molecule has 0 aliphatic rings. The standard InChI is InChI=1S/C12H9.C10H9NO.C4H9.Al/c1-3-7-11(8-4-1)12-9-5-2-6-10-12;1-7-5-6-8-3-2-4-9(12)10(8)11-7;1-3-4-2;/h1,3-10H;2-6,12H,1H3;3H,4H2,1-2H3;/q;;;+1/p-1. The average Bonchev–Trinajstić information content (AvgIpc) is 2.78. The summed E-state index contributed by atoms with van der Waals surface area (Å²) in [7, 11) is 0. The van der Waals surface area contributed by atoms with Gasteiger partial charge in [0.05, 0.1) is 0 Å². The van der Waals surface area contributed by atoms with E-state index in [1.807, 2.05) is 6.92 Å². The summed E-state index contributed by atoms with van der Waals surface area (Å²) in [5, 5.41) is 1.13. The van der Waals surface area contributed by atoms with Gasteiger partial charge in [0.15, 0.2) is 0 Å². The zero-order chi connectivity index (χ0) is 20.2. The van der Waals surface area contributed by atoms with E-state index in [1.165, 1.54) is 15.6 Å². The fraction of sp³-hybridized carbons (Fsp3) is 0.192.